The molecule has 1 aromatic heterocycles. The van der Waals surface area contributed by atoms with E-state index < -0.39 is 27.7 Å². The van der Waals surface area contributed by atoms with Crippen molar-refractivity contribution < 1.29 is 13.4 Å². The lowest BCUT2D eigenvalue weighted by Crippen LogP contribution is -2.32. The predicted molar refractivity (Wildman–Crippen MR) is 123 cm³/mol. The number of rotatable bonds is 5. The van der Waals surface area contributed by atoms with Crippen LogP contribution in [0.1, 0.15) is 28.5 Å². The van der Waals surface area contributed by atoms with Crippen LogP contribution in [0.4, 0.5) is 10.1 Å². The monoisotopic (exact) mass is 451 g/mol. The van der Waals surface area contributed by atoms with Crippen LogP contribution in [0.25, 0.3) is 6.08 Å². The minimum Gasteiger partial charge on any atom is -0.345 e. The summed E-state index contributed by atoms with van der Waals surface area (Å²) >= 11 is 0. The Hall–Kier alpha value is -3.74. The Morgan fingerprint density at radius 1 is 1.44 bits per heavy atom. The maximum absolute atomic E-state index is 13.6. The highest BCUT2D eigenvalue weighted by molar-refractivity contribution is 7.90. The molecule has 2 heterocycles. The average molecular weight is 452 g/mol. The number of benzene rings is 1. The number of carbonyl (C=O) groups excluding carboxylic acids is 1. The van der Waals surface area contributed by atoms with E-state index in [-0.39, 0.29) is 21.8 Å². The highest BCUT2D eigenvalue weighted by Gasteiger charge is 2.28. The fourth-order valence-corrected chi connectivity index (χ4v) is 4.73. The quantitative estimate of drug-likeness (QED) is 0.590. The second kappa shape index (κ2) is 9.18. The number of hydrogen-bond donors (Lipinski definition) is 3. The summed E-state index contributed by atoms with van der Waals surface area (Å²) in [6.07, 6.45) is 12.0. The molecule has 0 fully saturated rings. The SMILES string of the molecule is C=C(/C=C\C=C/C)[C@H]1C=Cc2c(cn(C)c2C(=O)Nc2ccc(F)c(C#N)c2)S(=N)(=O)N1. The maximum Gasteiger partial charge on any atom is 0.272 e. The van der Waals surface area contributed by atoms with Crippen molar-refractivity contribution >= 4 is 27.6 Å². The van der Waals surface area contributed by atoms with Crippen LogP contribution >= 0.6 is 0 Å². The fourth-order valence-electron chi connectivity index (χ4n) is 3.24. The van der Waals surface area contributed by atoms with Gasteiger partial charge in [-0.3, -0.25) is 4.79 Å². The van der Waals surface area contributed by atoms with Crippen LogP contribution in [0.5, 0.6) is 0 Å². The lowest BCUT2D eigenvalue weighted by atomic mass is 10.1. The molecule has 2 atom stereocenters. The number of aryl methyl sites for hydroxylation is 1. The minimum atomic E-state index is -3.45. The molecule has 9 heteroatoms. The number of fused-ring (bicyclic) bond motifs is 1. The van der Waals surface area contributed by atoms with E-state index in [1.54, 1.807) is 37.4 Å². The van der Waals surface area contributed by atoms with E-state index in [1.807, 2.05) is 19.1 Å². The Labute approximate surface area is 186 Å². The summed E-state index contributed by atoms with van der Waals surface area (Å²) in [5.41, 5.74) is 1.17. The van der Waals surface area contributed by atoms with Crippen molar-refractivity contribution in [2.24, 2.45) is 7.05 Å². The maximum atomic E-state index is 13.6. The van der Waals surface area contributed by atoms with Crippen molar-refractivity contribution in [1.29, 1.82) is 10.0 Å². The molecule has 32 heavy (non-hydrogen) atoms. The summed E-state index contributed by atoms with van der Waals surface area (Å²) in [6, 6.07) is 4.83. The summed E-state index contributed by atoms with van der Waals surface area (Å²) in [5, 5.41) is 11.6. The Morgan fingerprint density at radius 2 is 2.19 bits per heavy atom. The van der Waals surface area contributed by atoms with Gasteiger partial charge in [-0.2, -0.15) is 5.26 Å². The van der Waals surface area contributed by atoms with E-state index in [0.717, 1.165) is 6.07 Å². The number of halogens is 1. The van der Waals surface area contributed by atoms with Gasteiger partial charge in [0.2, 0.25) is 0 Å². The van der Waals surface area contributed by atoms with Crippen LogP contribution in [0.2, 0.25) is 0 Å². The Morgan fingerprint density at radius 3 is 2.88 bits per heavy atom. The van der Waals surface area contributed by atoms with E-state index in [9.17, 15) is 13.4 Å². The normalized spacial score (nSPS) is 20.1. The van der Waals surface area contributed by atoms with Crippen molar-refractivity contribution in [3.8, 4) is 6.07 Å². The fraction of sp³-hybridized carbons (Fsp3) is 0.130. The zero-order valence-corrected chi connectivity index (χ0v) is 18.4. The summed E-state index contributed by atoms with van der Waals surface area (Å²) < 4.78 is 39.4. The van der Waals surface area contributed by atoms with Gasteiger partial charge in [-0.25, -0.2) is 18.1 Å². The molecular formula is C23H22FN5O2S. The van der Waals surface area contributed by atoms with E-state index >= 15 is 0 Å². The summed E-state index contributed by atoms with van der Waals surface area (Å²) in [6.45, 7) is 5.85. The molecule has 3 rings (SSSR count). The van der Waals surface area contributed by atoms with Crippen LogP contribution in [0, 0.1) is 21.9 Å². The molecule has 1 aromatic carbocycles. The number of carbonyl (C=O) groups is 1. The lowest BCUT2D eigenvalue weighted by molar-refractivity contribution is 0.101. The van der Waals surface area contributed by atoms with Crippen molar-refractivity contribution in [1.82, 2.24) is 9.29 Å². The number of anilines is 1. The van der Waals surface area contributed by atoms with Crippen LogP contribution in [0.3, 0.4) is 0 Å². The smallest absolute Gasteiger partial charge is 0.272 e. The highest BCUT2D eigenvalue weighted by atomic mass is 32.2. The standard InChI is InChI=1S/C23H22FN5O2S/c1-4-5-6-7-15(2)20-11-9-18-21(32(26,31)28-20)14-29(3)22(18)23(30)27-17-8-10-19(24)16(12-17)13-25/h4-12,14,20H,2H2,1,3H3,(H,27,30)(H2,26,28,31)/b5-4-,7-6-/t20-,32?/m1/s1. The molecule has 1 aliphatic heterocycles. The third kappa shape index (κ3) is 4.61. The third-order valence-electron chi connectivity index (χ3n) is 4.82. The number of nitriles is 1. The number of hydrogen-bond acceptors (Lipinski definition) is 4. The lowest BCUT2D eigenvalue weighted by Gasteiger charge is -2.15. The first-order valence-corrected chi connectivity index (χ1v) is 11.2. The topological polar surface area (TPSA) is 111 Å². The first kappa shape index (κ1) is 22.9. The number of amides is 1. The van der Waals surface area contributed by atoms with Crippen LogP contribution in [-0.2, 0) is 17.0 Å². The Kier molecular flexibility index (Phi) is 6.58. The first-order valence-electron chi connectivity index (χ1n) is 9.60. The zero-order chi connectivity index (χ0) is 23.5. The molecular weight excluding hydrogens is 429 g/mol. The molecule has 0 saturated heterocycles. The first-order chi connectivity index (χ1) is 15.2. The van der Waals surface area contributed by atoms with Crippen molar-refractivity contribution in [2.75, 3.05) is 5.32 Å². The van der Waals surface area contributed by atoms with Gasteiger partial charge in [0, 0.05) is 24.5 Å². The number of nitrogens with zero attached hydrogens (tertiary/aromatic N) is 2. The van der Waals surface area contributed by atoms with Gasteiger partial charge in [-0.1, -0.05) is 43.0 Å². The van der Waals surface area contributed by atoms with Gasteiger partial charge in [0.15, 0.2) is 0 Å². The Balaban J connectivity index is 1.98. The van der Waals surface area contributed by atoms with E-state index in [2.05, 4.69) is 16.6 Å². The largest absolute Gasteiger partial charge is 0.345 e. The molecule has 7 nitrogen and oxygen atoms in total. The van der Waals surface area contributed by atoms with E-state index in [1.165, 1.54) is 22.9 Å². The molecule has 0 saturated carbocycles. The molecule has 1 unspecified atom stereocenters. The molecule has 0 spiro atoms. The van der Waals surface area contributed by atoms with Gasteiger partial charge in [-0.05, 0) is 30.7 Å². The average Bonchev–Trinajstić information content (AvgIpc) is 3.03. The zero-order valence-electron chi connectivity index (χ0n) is 17.6. The molecule has 0 radical (unpaired) electrons. The van der Waals surface area contributed by atoms with Crippen LogP contribution in [-0.4, -0.2) is 20.7 Å². The van der Waals surface area contributed by atoms with Crippen molar-refractivity contribution in [2.45, 2.75) is 17.9 Å². The second-order valence-electron chi connectivity index (χ2n) is 7.10. The van der Waals surface area contributed by atoms with Crippen LogP contribution < -0.4 is 10.0 Å². The van der Waals surface area contributed by atoms with E-state index in [0.29, 0.717) is 11.1 Å². The Bertz CT molecular complexity index is 1330. The van der Waals surface area contributed by atoms with Crippen LogP contribution in [0.15, 0.2) is 71.8 Å². The summed E-state index contributed by atoms with van der Waals surface area (Å²) in [4.78, 5) is 13.2. The van der Waals surface area contributed by atoms with Gasteiger partial charge in [0.25, 0.3) is 5.91 Å². The molecule has 0 aliphatic carbocycles. The summed E-state index contributed by atoms with van der Waals surface area (Å²) in [5.74, 6) is -1.23. The van der Waals surface area contributed by atoms with E-state index in [4.69, 9.17) is 10.0 Å². The second-order valence-corrected chi connectivity index (χ2v) is 8.89. The van der Waals surface area contributed by atoms with Gasteiger partial charge >= 0.3 is 0 Å². The predicted octanol–water partition coefficient (Wildman–Crippen LogP) is 4.28. The molecule has 2 aromatic rings. The van der Waals surface area contributed by atoms with Crippen molar-refractivity contribution in [3.05, 3.63) is 89.6 Å². The minimum absolute atomic E-state index is 0.172. The highest BCUT2D eigenvalue weighted by Crippen LogP contribution is 2.28. The number of allylic oxidation sites excluding steroid dienone is 3. The summed E-state index contributed by atoms with van der Waals surface area (Å²) in [7, 11) is -1.84. The molecule has 3 N–H and O–H groups in total. The molecule has 1 amide bonds. The van der Waals surface area contributed by atoms with Gasteiger partial charge in [-0.15, -0.1) is 0 Å². The van der Waals surface area contributed by atoms with Gasteiger partial charge < -0.3 is 9.88 Å². The van der Waals surface area contributed by atoms with Crippen molar-refractivity contribution in [3.63, 3.8) is 0 Å². The molecule has 1 aliphatic rings. The third-order valence-corrected chi connectivity index (χ3v) is 6.35. The molecule has 0 bridgehead atoms. The van der Waals surface area contributed by atoms with Gasteiger partial charge in [0.1, 0.15) is 27.5 Å². The van der Waals surface area contributed by atoms with Gasteiger partial charge in [0.05, 0.1) is 16.5 Å². The molecule has 164 valence electrons. The number of nitrogens with one attached hydrogen (secondary N) is 3. The number of aromatic nitrogens is 1.